The summed E-state index contributed by atoms with van der Waals surface area (Å²) in [4.78, 5) is 20.4. The minimum absolute atomic E-state index is 0.0133. The molecule has 168 valence electrons. The SMILES string of the molecule is CC1(C)C(N)=N[C@](C)(c2cc(NC(=O)Oc3ccc(C#N)cn3)ccc2F)CCS1(=O)=O. The van der Waals surface area contributed by atoms with Crippen LogP contribution in [-0.4, -0.2) is 35.8 Å². The van der Waals surface area contributed by atoms with Crippen molar-refractivity contribution in [3.05, 3.63) is 53.5 Å². The number of nitrogens with one attached hydrogen (secondary N) is 1. The van der Waals surface area contributed by atoms with Crippen LogP contribution < -0.4 is 15.8 Å². The standard InChI is InChI=1S/C21H22FN5O4S/c1-20(2)18(24)27-21(3,8-9-32(20,29)30)15-10-14(5-6-16(15)22)26-19(28)31-17-7-4-13(11-23)12-25-17/h4-7,10,12H,8-9H2,1-3H3,(H2,24,27)(H,26,28)/t21-/m0/s1. The Bertz CT molecular complexity index is 1240. The summed E-state index contributed by atoms with van der Waals surface area (Å²) >= 11 is 0. The third kappa shape index (κ3) is 4.40. The highest BCUT2D eigenvalue weighted by Gasteiger charge is 2.45. The first-order chi connectivity index (χ1) is 14.9. The van der Waals surface area contributed by atoms with E-state index in [-0.39, 0.29) is 35.1 Å². The number of nitrogens with two attached hydrogens (primary N) is 1. The van der Waals surface area contributed by atoms with Gasteiger partial charge in [0.15, 0.2) is 9.84 Å². The first kappa shape index (κ1) is 23.1. The number of rotatable bonds is 3. The summed E-state index contributed by atoms with van der Waals surface area (Å²) in [7, 11) is -3.60. The molecule has 1 atom stereocenters. The molecule has 1 amide bonds. The average Bonchev–Trinajstić information content (AvgIpc) is 2.79. The highest BCUT2D eigenvalue weighted by atomic mass is 32.2. The van der Waals surface area contributed by atoms with Crippen LogP contribution in [0.3, 0.4) is 0 Å². The number of sulfone groups is 1. The number of hydrogen-bond donors (Lipinski definition) is 2. The second-order valence-corrected chi connectivity index (χ2v) is 10.7. The first-order valence-corrected chi connectivity index (χ1v) is 11.3. The number of amidine groups is 1. The summed E-state index contributed by atoms with van der Waals surface area (Å²) in [6.07, 6.45) is 0.389. The van der Waals surface area contributed by atoms with E-state index in [1.807, 2.05) is 6.07 Å². The zero-order valence-corrected chi connectivity index (χ0v) is 18.5. The molecule has 0 unspecified atom stereocenters. The molecule has 0 aliphatic carbocycles. The van der Waals surface area contributed by atoms with E-state index in [0.717, 1.165) is 6.07 Å². The van der Waals surface area contributed by atoms with Crippen LogP contribution >= 0.6 is 0 Å². The molecule has 0 saturated carbocycles. The van der Waals surface area contributed by atoms with E-state index >= 15 is 0 Å². The van der Waals surface area contributed by atoms with Crippen molar-refractivity contribution in [2.45, 2.75) is 37.5 Å². The van der Waals surface area contributed by atoms with Crippen LogP contribution in [0.15, 0.2) is 41.5 Å². The van der Waals surface area contributed by atoms with Crippen molar-refractivity contribution in [3.63, 3.8) is 0 Å². The molecule has 1 aromatic heterocycles. The number of pyridine rings is 1. The molecule has 2 aromatic rings. The topological polar surface area (TPSA) is 148 Å². The van der Waals surface area contributed by atoms with Crippen LogP contribution in [0.1, 0.15) is 38.3 Å². The minimum Gasteiger partial charge on any atom is -0.391 e. The van der Waals surface area contributed by atoms with Crippen molar-refractivity contribution >= 4 is 27.5 Å². The van der Waals surface area contributed by atoms with E-state index in [4.69, 9.17) is 15.7 Å². The number of carbonyl (C=O) groups is 1. The van der Waals surface area contributed by atoms with Gasteiger partial charge in [0, 0.05) is 23.5 Å². The summed E-state index contributed by atoms with van der Waals surface area (Å²) in [5.41, 5.74) is 5.35. The summed E-state index contributed by atoms with van der Waals surface area (Å²) in [5, 5.41) is 11.3. The van der Waals surface area contributed by atoms with Crippen molar-refractivity contribution in [1.29, 1.82) is 5.26 Å². The van der Waals surface area contributed by atoms with Crippen LogP contribution in [0.25, 0.3) is 0 Å². The third-order valence-corrected chi connectivity index (χ3v) is 7.98. The summed E-state index contributed by atoms with van der Waals surface area (Å²) < 4.78 is 43.7. The highest BCUT2D eigenvalue weighted by Crippen LogP contribution is 2.38. The van der Waals surface area contributed by atoms with Gasteiger partial charge in [0.05, 0.1) is 16.9 Å². The van der Waals surface area contributed by atoms with Gasteiger partial charge in [0.2, 0.25) is 5.88 Å². The quantitative estimate of drug-likeness (QED) is 0.717. The van der Waals surface area contributed by atoms with Crippen molar-refractivity contribution < 1.29 is 22.3 Å². The Balaban J connectivity index is 1.87. The van der Waals surface area contributed by atoms with Gasteiger partial charge in [-0.15, -0.1) is 0 Å². The lowest BCUT2D eigenvalue weighted by Gasteiger charge is -2.26. The van der Waals surface area contributed by atoms with Gasteiger partial charge in [-0.25, -0.2) is 22.6 Å². The number of carbonyl (C=O) groups excluding carboxylic acids is 1. The number of ether oxygens (including phenoxy) is 1. The third-order valence-electron chi connectivity index (χ3n) is 5.47. The Kier molecular flexibility index (Phi) is 5.93. The fourth-order valence-corrected chi connectivity index (χ4v) is 4.70. The molecule has 2 heterocycles. The molecule has 1 aliphatic rings. The lowest BCUT2D eigenvalue weighted by Crippen LogP contribution is -2.45. The molecular formula is C21H22FN5O4S. The molecule has 1 aromatic carbocycles. The molecule has 32 heavy (non-hydrogen) atoms. The van der Waals surface area contributed by atoms with Crippen LogP contribution in [0, 0.1) is 17.1 Å². The number of aromatic nitrogens is 1. The molecule has 0 spiro atoms. The van der Waals surface area contributed by atoms with Gasteiger partial charge < -0.3 is 10.5 Å². The van der Waals surface area contributed by atoms with Crippen LogP contribution in [0.5, 0.6) is 5.88 Å². The van der Waals surface area contributed by atoms with Crippen molar-refractivity contribution in [2.24, 2.45) is 10.7 Å². The first-order valence-electron chi connectivity index (χ1n) is 9.61. The second-order valence-electron chi connectivity index (χ2n) is 8.06. The number of anilines is 1. The number of benzene rings is 1. The van der Waals surface area contributed by atoms with E-state index in [2.05, 4.69) is 15.3 Å². The van der Waals surface area contributed by atoms with Crippen molar-refractivity contribution in [1.82, 2.24) is 4.98 Å². The largest absolute Gasteiger partial charge is 0.418 e. The number of aliphatic imine (C=N–C) groups is 1. The molecule has 3 N–H and O–H groups in total. The summed E-state index contributed by atoms with van der Waals surface area (Å²) in [5.74, 6) is -0.982. The van der Waals surface area contributed by atoms with Gasteiger partial charge >= 0.3 is 6.09 Å². The van der Waals surface area contributed by atoms with E-state index in [9.17, 15) is 17.6 Å². The highest BCUT2D eigenvalue weighted by molar-refractivity contribution is 7.93. The van der Waals surface area contributed by atoms with Crippen molar-refractivity contribution in [3.8, 4) is 11.9 Å². The molecule has 0 fully saturated rings. The van der Waals surface area contributed by atoms with Gasteiger partial charge in [0.25, 0.3) is 0 Å². The Morgan fingerprint density at radius 3 is 2.62 bits per heavy atom. The summed E-state index contributed by atoms with van der Waals surface area (Å²) in [6.45, 7) is 4.53. The van der Waals surface area contributed by atoms with Gasteiger partial charge in [-0.1, -0.05) is 0 Å². The van der Waals surface area contributed by atoms with E-state index in [1.165, 1.54) is 44.3 Å². The normalized spacial score (nSPS) is 21.5. The maximum absolute atomic E-state index is 14.8. The number of nitrogens with zero attached hydrogens (tertiary/aromatic N) is 3. The van der Waals surface area contributed by atoms with Gasteiger partial charge in [0.1, 0.15) is 22.5 Å². The molecular weight excluding hydrogens is 437 g/mol. The van der Waals surface area contributed by atoms with Crippen LogP contribution in [0.4, 0.5) is 14.9 Å². The predicted molar refractivity (Wildman–Crippen MR) is 116 cm³/mol. The zero-order valence-electron chi connectivity index (χ0n) is 17.7. The van der Waals surface area contributed by atoms with Gasteiger partial charge in [-0.05, 0) is 51.5 Å². The smallest absolute Gasteiger partial charge is 0.391 e. The van der Waals surface area contributed by atoms with E-state index in [0.29, 0.717) is 5.56 Å². The van der Waals surface area contributed by atoms with Gasteiger partial charge in [-0.3, -0.25) is 10.3 Å². The number of nitriles is 1. The number of hydrogen-bond acceptors (Lipinski definition) is 8. The Morgan fingerprint density at radius 1 is 1.28 bits per heavy atom. The molecule has 0 bridgehead atoms. The van der Waals surface area contributed by atoms with Crippen molar-refractivity contribution in [2.75, 3.05) is 11.1 Å². The monoisotopic (exact) mass is 459 g/mol. The van der Waals surface area contributed by atoms with E-state index in [1.54, 1.807) is 6.92 Å². The predicted octanol–water partition coefficient (Wildman–Crippen LogP) is 2.87. The Hall–Kier alpha value is -3.52. The van der Waals surface area contributed by atoms with Gasteiger partial charge in [-0.2, -0.15) is 5.26 Å². The Labute approximate surface area is 185 Å². The molecule has 1 aliphatic heterocycles. The molecule has 0 saturated heterocycles. The maximum Gasteiger partial charge on any atom is 0.418 e. The molecule has 3 rings (SSSR count). The summed E-state index contributed by atoms with van der Waals surface area (Å²) in [6, 6.07) is 8.55. The Morgan fingerprint density at radius 2 is 2.00 bits per heavy atom. The number of amides is 1. The lowest BCUT2D eigenvalue weighted by atomic mass is 9.88. The lowest BCUT2D eigenvalue weighted by molar-refractivity contribution is 0.213. The van der Waals surface area contributed by atoms with E-state index < -0.39 is 32.0 Å². The second kappa shape index (κ2) is 8.20. The fourth-order valence-electron chi connectivity index (χ4n) is 3.16. The fraction of sp³-hybridized carbons (Fsp3) is 0.333. The average molecular weight is 460 g/mol. The molecule has 9 nitrogen and oxygen atoms in total. The number of halogens is 1. The van der Waals surface area contributed by atoms with Crippen LogP contribution in [0.2, 0.25) is 0 Å². The molecule has 11 heteroatoms. The molecule has 0 radical (unpaired) electrons. The maximum atomic E-state index is 14.8. The minimum atomic E-state index is -3.60. The zero-order chi connectivity index (χ0) is 23.7. The van der Waals surface area contributed by atoms with Crippen LogP contribution in [-0.2, 0) is 15.4 Å².